The minimum Gasteiger partial charge on any atom is -0.347 e. The quantitative estimate of drug-likeness (QED) is 0.675. The number of rotatable bonds is 3. The molecule has 2 aromatic rings. The molecule has 0 aliphatic carbocycles. The Morgan fingerprint density at radius 1 is 1.37 bits per heavy atom. The van der Waals surface area contributed by atoms with E-state index in [1.807, 2.05) is 24.3 Å². The number of aromatic nitrogens is 3. The number of aromatic amines is 1. The van der Waals surface area contributed by atoms with E-state index in [1.165, 1.54) is 6.20 Å². The molecule has 1 amide bonds. The van der Waals surface area contributed by atoms with Gasteiger partial charge in [0.2, 0.25) is 0 Å². The van der Waals surface area contributed by atoms with Crippen LogP contribution in [-0.2, 0) is 6.54 Å². The van der Waals surface area contributed by atoms with Gasteiger partial charge in [-0.25, -0.2) is 0 Å². The zero-order valence-electron chi connectivity index (χ0n) is 10.2. The topological polar surface area (TPSA) is 96.7 Å². The first-order valence-electron chi connectivity index (χ1n) is 5.71. The fourth-order valence-corrected chi connectivity index (χ4v) is 1.44. The highest BCUT2D eigenvalue weighted by Gasteiger charge is 2.07. The normalized spacial score (nSPS) is 9.53. The number of hydrogen-bond acceptors (Lipinski definition) is 4. The Morgan fingerprint density at radius 2 is 2.16 bits per heavy atom. The highest BCUT2D eigenvalue weighted by Crippen LogP contribution is 2.03. The van der Waals surface area contributed by atoms with E-state index >= 15 is 0 Å². The summed E-state index contributed by atoms with van der Waals surface area (Å²) in [5, 5.41) is 12.4. The average molecular weight is 255 g/mol. The molecule has 0 bridgehead atoms. The molecule has 1 aromatic carbocycles. The van der Waals surface area contributed by atoms with E-state index in [9.17, 15) is 4.79 Å². The van der Waals surface area contributed by atoms with E-state index in [0.717, 1.165) is 11.1 Å². The third-order valence-electron chi connectivity index (χ3n) is 2.39. The van der Waals surface area contributed by atoms with Crippen LogP contribution in [0.5, 0.6) is 0 Å². The van der Waals surface area contributed by atoms with Gasteiger partial charge in [-0.1, -0.05) is 24.0 Å². The van der Waals surface area contributed by atoms with E-state index in [2.05, 4.69) is 32.6 Å². The van der Waals surface area contributed by atoms with Crippen molar-refractivity contribution >= 4 is 5.91 Å². The van der Waals surface area contributed by atoms with Crippen LogP contribution < -0.4 is 11.1 Å². The summed E-state index contributed by atoms with van der Waals surface area (Å²) in [5.74, 6) is 5.45. The SMILES string of the molecule is NCC#Cc1ccc(CNC(=O)c2cn[nH]n2)cc1. The van der Waals surface area contributed by atoms with Gasteiger partial charge in [0.1, 0.15) is 0 Å². The molecule has 19 heavy (non-hydrogen) atoms. The van der Waals surface area contributed by atoms with Crippen molar-refractivity contribution in [3.05, 3.63) is 47.3 Å². The summed E-state index contributed by atoms with van der Waals surface area (Å²) in [5.41, 5.74) is 7.45. The van der Waals surface area contributed by atoms with Crippen LogP contribution in [-0.4, -0.2) is 27.9 Å². The maximum absolute atomic E-state index is 11.6. The predicted octanol–water partition coefficient (Wildman–Crippen LogP) is 0.0449. The number of carbonyl (C=O) groups is 1. The second-order valence-corrected chi connectivity index (χ2v) is 3.74. The Bertz CT molecular complexity index is 592. The summed E-state index contributed by atoms with van der Waals surface area (Å²) in [6.45, 7) is 0.770. The van der Waals surface area contributed by atoms with Crippen molar-refractivity contribution in [3.8, 4) is 11.8 Å². The highest BCUT2D eigenvalue weighted by molar-refractivity contribution is 5.91. The Labute approximate surface area is 110 Å². The molecule has 96 valence electrons. The first-order valence-corrected chi connectivity index (χ1v) is 5.71. The van der Waals surface area contributed by atoms with Gasteiger partial charge in [0.15, 0.2) is 5.69 Å². The molecule has 0 unspecified atom stereocenters. The van der Waals surface area contributed by atoms with Crippen LogP contribution in [0.15, 0.2) is 30.5 Å². The first-order chi connectivity index (χ1) is 9.29. The molecule has 0 radical (unpaired) electrons. The lowest BCUT2D eigenvalue weighted by Gasteiger charge is -2.03. The van der Waals surface area contributed by atoms with Crippen molar-refractivity contribution in [2.45, 2.75) is 6.54 Å². The first kappa shape index (κ1) is 12.8. The molecule has 0 saturated carbocycles. The fraction of sp³-hybridized carbons (Fsp3) is 0.154. The maximum Gasteiger partial charge on any atom is 0.273 e. The van der Waals surface area contributed by atoms with E-state index < -0.39 is 0 Å². The van der Waals surface area contributed by atoms with Crippen molar-refractivity contribution in [2.24, 2.45) is 5.73 Å². The summed E-state index contributed by atoms with van der Waals surface area (Å²) >= 11 is 0. The number of carbonyl (C=O) groups excluding carboxylic acids is 1. The molecule has 0 fully saturated rings. The van der Waals surface area contributed by atoms with E-state index in [-0.39, 0.29) is 11.6 Å². The Hall–Kier alpha value is -2.65. The molecule has 0 spiro atoms. The van der Waals surface area contributed by atoms with Crippen molar-refractivity contribution in [3.63, 3.8) is 0 Å². The molecule has 4 N–H and O–H groups in total. The largest absolute Gasteiger partial charge is 0.347 e. The zero-order chi connectivity index (χ0) is 13.5. The van der Waals surface area contributed by atoms with Crippen LogP contribution in [0.4, 0.5) is 0 Å². The summed E-state index contributed by atoms with van der Waals surface area (Å²) in [6.07, 6.45) is 1.38. The molecular formula is C13H13N5O. The molecular weight excluding hydrogens is 242 g/mol. The maximum atomic E-state index is 11.6. The lowest BCUT2D eigenvalue weighted by atomic mass is 10.1. The lowest BCUT2D eigenvalue weighted by Crippen LogP contribution is -2.23. The number of nitrogens with one attached hydrogen (secondary N) is 2. The van der Waals surface area contributed by atoms with Gasteiger partial charge in [-0.05, 0) is 17.7 Å². The molecule has 0 atom stereocenters. The van der Waals surface area contributed by atoms with Crippen LogP contribution >= 0.6 is 0 Å². The third kappa shape index (κ3) is 3.66. The molecule has 6 nitrogen and oxygen atoms in total. The molecule has 0 saturated heterocycles. The smallest absolute Gasteiger partial charge is 0.273 e. The van der Waals surface area contributed by atoms with Gasteiger partial charge in [-0.2, -0.15) is 15.4 Å². The summed E-state index contributed by atoms with van der Waals surface area (Å²) in [6, 6.07) is 7.59. The summed E-state index contributed by atoms with van der Waals surface area (Å²) in [7, 11) is 0. The highest BCUT2D eigenvalue weighted by atomic mass is 16.1. The second-order valence-electron chi connectivity index (χ2n) is 3.74. The minimum atomic E-state index is -0.263. The summed E-state index contributed by atoms with van der Waals surface area (Å²) < 4.78 is 0. The number of nitrogens with two attached hydrogens (primary N) is 1. The van der Waals surface area contributed by atoms with Gasteiger partial charge in [0.25, 0.3) is 5.91 Å². The number of amides is 1. The second kappa shape index (κ2) is 6.33. The van der Waals surface area contributed by atoms with Gasteiger partial charge < -0.3 is 11.1 Å². The van der Waals surface area contributed by atoms with Gasteiger partial charge in [0, 0.05) is 12.1 Å². The predicted molar refractivity (Wildman–Crippen MR) is 69.9 cm³/mol. The third-order valence-corrected chi connectivity index (χ3v) is 2.39. The van der Waals surface area contributed by atoms with Crippen molar-refractivity contribution in [2.75, 3.05) is 6.54 Å². The van der Waals surface area contributed by atoms with E-state index in [0.29, 0.717) is 13.1 Å². The van der Waals surface area contributed by atoms with Crippen LogP contribution in [0.2, 0.25) is 0 Å². The number of hydrogen-bond donors (Lipinski definition) is 3. The average Bonchev–Trinajstić information content (AvgIpc) is 2.98. The van der Waals surface area contributed by atoms with Crippen molar-refractivity contribution in [1.82, 2.24) is 20.7 Å². The molecule has 0 aliphatic rings. The number of H-pyrrole nitrogens is 1. The van der Waals surface area contributed by atoms with E-state index in [1.54, 1.807) is 0 Å². The minimum absolute atomic E-state index is 0.263. The molecule has 2 rings (SSSR count). The standard InChI is InChI=1S/C13H13N5O/c14-7-1-2-10-3-5-11(6-4-10)8-15-13(19)12-9-16-18-17-12/h3-6,9H,7-8,14H2,(H,15,19)(H,16,17,18). The van der Waals surface area contributed by atoms with Crippen molar-refractivity contribution in [1.29, 1.82) is 0 Å². The molecule has 6 heteroatoms. The van der Waals surface area contributed by atoms with Gasteiger partial charge in [0.05, 0.1) is 12.7 Å². The fourth-order valence-electron chi connectivity index (χ4n) is 1.44. The number of nitrogens with zero attached hydrogens (tertiary/aromatic N) is 2. The van der Waals surface area contributed by atoms with Crippen LogP contribution in [0.25, 0.3) is 0 Å². The van der Waals surface area contributed by atoms with E-state index in [4.69, 9.17) is 5.73 Å². The van der Waals surface area contributed by atoms with Crippen molar-refractivity contribution < 1.29 is 4.79 Å². The van der Waals surface area contributed by atoms with Crippen LogP contribution in [0.3, 0.4) is 0 Å². The van der Waals surface area contributed by atoms with Gasteiger partial charge >= 0.3 is 0 Å². The van der Waals surface area contributed by atoms with Gasteiger partial charge in [-0.3, -0.25) is 4.79 Å². The molecule has 1 heterocycles. The van der Waals surface area contributed by atoms with Crippen LogP contribution in [0, 0.1) is 11.8 Å². The Kier molecular flexibility index (Phi) is 4.26. The summed E-state index contributed by atoms with van der Waals surface area (Å²) in [4.78, 5) is 11.6. The molecule has 0 aliphatic heterocycles. The number of benzene rings is 1. The monoisotopic (exact) mass is 255 g/mol. The van der Waals surface area contributed by atoms with Crippen LogP contribution in [0.1, 0.15) is 21.6 Å². The Balaban J connectivity index is 1.91. The Morgan fingerprint density at radius 3 is 2.79 bits per heavy atom. The lowest BCUT2D eigenvalue weighted by molar-refractivity contribution is 0.0946. The zero-order valence-corrected chi connectivity index (χ0v) is 10.2. The molecule has 1 aromatic heterocycles. The van der Waals surface area contributed by atoms with Gasteiger partial charge in [-0.15, -0.1) is 0 Å².